The molecule has 0 aliphatic carbocycles. The van der Waals surface area contributed by atoms with Crippen LogP contribution < -0.4 is 16.0 Å². The number of piperidine rings is 1. The van der Waals surface area contributed by atoms with Crippen LogP contribution in [0.4, 0.5) is 4.39 Å². The third-order valence-electron chi connectivity index (χ3n) is 5.99. The van der Waals surface area contributed by atoms with Crippen LogP contribution in [0.25, 0.3) is 0 Å². The van der Waals surface area contributed by atoms with Gasteiger partial charge < -0.3 is 30.9 Å². The van der Waals surface area contributed by atoms with Gasteiger partial charge >= 0.3 is 0 Å². The first kappa shape index (κ1) is 23.2. The van der Waals surface area contributed by atoms with Gasteiger partial charge in [-0.05, 0) is 36.7 Å². The van der Waals surface area contributed by atoms with E-state index in [-0.39, 0.29) is 60.2 Å². The van der Waals surface area contributed by atoms with Crippen molar-refractivity contribution < 1.29 is 23.9 Å². The molecule has 2 atom stereocenters. The smallest absolute Gasteiger partial charge is 0.272 e. The van der Waals surface area contributed by atoms with Gasteiger partial charge in [-0.2, -0.15) is 0 Å². The number of likely N-dealkylation sites (tertiary alicyclic amines) is 1. The summed E-state index contributed by atoms with van der Waals surface area (Å²) in [6, 6.07) is 4.25. The van der Waals surface area contributed by atoms with E-state index in [2.05, 4.69) is 16.0 Å². The molecule has 3 fully saturated rings. The second-order valence-electron chi connectivity index (χ2n) is 8.16. The van der Waals surface area contributed by atoms with Crippen molar-refractivity contribution in [1.29, 1.82) is 0 Å². The number of hydrogen-bond acceptors (Lipinski definition) is 7. The lowest BCUT2D eigenvalue weighted by Gasteiger charge is -2.31. The SMILES string of the molecule is CNCCN1C(=O)/C(=C2\CCN(Cc3ccc(F)c(Cl)c3)C(=O)\C2=C(/O)C=O)NC1C1CN1. The Morgan fingerprint density at radius 2 is 2.12 bits per heavy atom. The average Bonchev–Trinajstić information content (AvgIpc) is 3.59. The summed E-state index contributed by atoms with van der Waals surface area (Å²) in [5.41, 5.74) is 0.953. The quantitative estimate of drug-likeness (QED) is 0.194. The van der Waals surface area contributed by atoms with E-state index in [1.807, 2.05) is 0 Å². The predicted molar refractivity (Wildman–Crippen MR) is 119 cm³/mol. The van der Waals surface area contributed by atoms with Crippen LogP contribution in [-0.2, 0) is 20.9 Å². The van der Waals surface area contributed by atoms with Crippen molar-refractivity contribution in [1.82, 2.24) is 25.8 Å². The van der Waals surface area contributed by atoms with Gasteiger partial charge in [0.25, 0.3) is 11.8 Å². The molecule has 3 heterocycles. The van der Waals surface area contributed by atoms with Crippen LogP contribution in [0.5, 0.6) is 0 Å². The van der Waals surface area contributed by atoms with Crippen molar-refractivity contribution in [2.45, 2.75) is 25.2 Å². The Kier molecular flexibility index (Phi) is 6.68. The fraction of sp³-hybridized carbons (Fsp3) is 0.409. The lowest BCUT2D eigenvalue weighted by atomic mass is 9.93. The summed E-state index contributed by atoms with van der Waals surface area (Å²) >= 11 is 5.85. The largest absolute Gasteiger partial charge is 0.504 e. The number of aldehydes is 1. The third-order valence-corrected chi connectivity index (χ3v) is 6.28. The lowest BCUT2D eigenvalue weighted by molar-refractivity contribution is -0.129. The number of amides is 2. The maximum Gasteiger partial charge on any atom is 0.272 e. The number of benzene rings is 1. The van der Waals surface area contributed by atoms with Gasteiger partial charge in [0, 0.05) is 32.7 Å². The van der Waals surface area contributed by atoms with E-state index in [9.17, 15) is 23.9 Å². The number of allylic oxidation sites excluding steroid dienone is 1. The van der Waals surface area contributed by atoms with E-state index in [4.69, 9.17) is 11.6 Å². The van der Waals surface area contributed by atoms with Crippen LogP contribution in [0.15, 0.2) is 40.8 Å². The number of nitrogens with one attached hydrogen (secondary N) is 3. The molecule has 1 aromatic carbocycles. The molecule has 0 bridgehead atoms. The number of aliphatic hydroxyl groups excluding tert-OH is 1. The van der Waals surface area contributed by atoms with Gasteiger partial charge in [0.05, 0.1) is 16.6 Å². The molecule has 33 heavy (non-hydrogen) atoms. The Balaban J connectivity index is 1.65. The van der Waals surface area contributed by atoms with E-state index < -0.39 is 17.5 Å². The van der Waals surface area contributed by atoms with Gasteiger partial charge in [-0.15, -0.1) is 0 Å². The molecule has 3 saturated heterocycles. The van der Waals surface area contributed by atoms with Crippen LogP contribution >= 0.6 is 11.6 Å². The van der Waals surface area contributed by atoms with Crippen molar-refractivity contribution in [3.05, 3.63) is 57.2 Å². The molecule has 0 spiro atoms. The zero-order valence-electron chi connectivity index (χ0n) is 18.0. The van der Waals surface area contributed by atoms with Crippen molar-refractivity contribution in [3.8, 4) is 0 Å². The number of aliphatic hydroxyl groups is 1. The topological polar surface area (TPSA) is 124 Å². The molecule has 1 aromatic rings. The Hall–Kier alpha value is -2.95. The minimum Gasteiger partial charge on any atom is -0.504 e. The summed E-state index contributed by atoms with van der Waals surface area (Å²) < 4.78 is 13.5. The molecule has 3 aliphatic heterocycles. The van der Waals surface area contributed by atoms with Gasteiger partial charge in [-0.3, -0.25) is 14.4 Å². The number of carbonyl (C=O) groups excluding carboxylic acids is 3. The summed E-state index contributed by atoms with van der Waals surface area (Å²) in [6.45, 7) is 2.18. The third kappa shape index (κ3) is 4.59. The number of carbonyl (C=O) groups is 3. The molecule has 0 radical (unpaired) electrons. The number of nitrogens with zero attached hydrogens (tertiary/aromatic N) is 2. The highest BCUT2D eigenvalue weighted by Crippen LogP contribution is 2.32. The molecule has 4 rings (SSSR count). The van der Waals surface area contributed by atoms with Crippen LogP contribution in [0.2, 0.25) is 5.02 Å². The van der Waals surface area contributed by atoms with E-state index in [1.165, 1.54) is 23.1 Å². The minimum absolute atomic E-state index is 0.0617. The van der Waals surface area contributed by atoms with Crippen molar-refractivity contribution in [2.24, 2.45) is 0 Å². The van der Waals surface area contributed by atoms with Gasteiger partial charge in [0.2, 0.25) is 0 Å². The minimum atomic E-state index is -0.728. The molecule has 3 aliphatic rings. The second-order valence-corrected chi connectivity index (χ2v) is 8.57. The van der Waals surface area contributed by atoms with Gasteiger partial charge in [-0.1, -0.05) is 17.7 Å². The van der Waals surface area contributed by atoms with Crippen LogP contribution in [0.1, 0.15) is 12.0 Å². The zero-order valence-corrected chi connectivity index (χ0v) is 18.8. The van der Waals surface area contributed by atoms with Gasteiger partial charge in [0.1, 0.15) is 17.7 Å². The maximum absolute atomic E-state index is 13.5. The molecular formula is C22H25ClFN5O4. The molecule has 2 amide bonds. The molecule has 4 N–H and O–H groups in total. The summed E-state index contributed by atoms with van der Waals surface area (Å²) in [6.07, 6.45) is 0.180. The maximum atomic E-state index is 13.5. The van der Waals surface area contributed by atoms with E-state index >= 15 is 0 Å². The molecule has 9 nitrogen and oxygen atoms in total. The Labute approximate surface area is 195 Å². The molecule has 176 valence electrons. The van der Waals surface area contributed by atoms with Crippen LogP contribution in [0.3, 0.4) is 0 Å². The molecule has 0 saturated carbocycles. The summed E-state index contributed by atoms with van der Waals surface area (Å²) in [5, 5.41) is 19.7. The number of halogens is 2. The van der Waals surface area contributed by atoms with Crippen molar-refractivity contribution in [2.75, 3.05) is 33.2 Å². The number of hydrogen-bond donors (Lipinski definition) is 4. The highest BCUT2D eigenvalue weighted by Gasteiger charge is 2.46. The van der Waals surface area contributed by atoms with Crippen molar-refractivity contribution >= 4 is 29.7 Å². The fourth-order valence-corrected chi connectivity index (χ4v) is 4.40. The van der Waals surface area contributed by atoms with Crippen LogP contribution in [-0.4, -0.2) is 78.4 Å². The predicted octanol–water partition coefficient (Wildman–Crippen LogP) is 0.426. The molecule has 11 heteroatoms. The zero-order chi connectivity index (χ0) is 23.7. The summed E-state index contributed by atoms with van der Waals surface area (Å²) in [4.78, 5) is 41.1. The average molecular weight is 478 g/mol. The Bertz CT molecular complexity index is 1060. The first-order chi connectivity index (χ1) is 15.8. The molecule has 0 aromatic heterocycles. The summed E-state index contributed by atoms with van der Waals surface area (Å²) in [7, 11) is 1.80. The normalized spacial score (nSPS) is 26.5. The van der Waals surface area contributed by atoms with Gasteiger partial charge in [0.15, 0.2) is 12.0 Å². The van der Waals surface area contributed by atoms with E-state index in [0.717, 1.165) is 6.54 Å². The number of likely N-dealkylation sites (N-methyl/N-ethyl adjacent to an activating group) is 1. The standard InChI is InChI=1S/C22H25ClFN5O4/c1-25-5-7-29-20(16-9-26-16)27-19(22(29)33)13-4-6-28(21(32)18(13)17(31)11-30)10-12-2-3-15(24)14(23)8-12/h2-3,8,11,16,20,25-27,31H,4-7,9-10H2,1H3/b18-17-,19-13-. The Morgan fingerprint density at radius 3 is 2.76 bits per heavy atom. The second kappa shape index (κ2) is 9.50. The van der Waals surface area contributed by atoms with E-state index in [1.54, 1.807) is 11.9 Å². The van der Waals surface area contributed by atoms with Crippen LogP contribution in [0, 0.1) is 5.82 Å². The first-order valence-corrected chi connectivity index (χ1v) is 11.0. The lowest BCUT2D eigenvalue weighted by Crippen LogP contribution is -2.45. The molecule has 2 unspecified atom stereocenters. The Morgan fingerprint density at radius 1 is 1.36 bits per heavy atom. The van der Waals surface area contributed by atoms with Crippen molar-refractivity contribution in [3.63, 3.8) is 0 Å². The summed E-state index contributed by atoms with van der Waals surface area (Å²) in [5.74, 6) is -2.15. The first-order valence-electron chi connectivity index (χ1n) is 10.7. The molecular weight excluding hydrogens is 453 g/mol. The number of rotatable bonds is 7. The van der Waals surface area contributed by atoms with E-state index in [0.29, 0.717) is 24.2 Å². The highest BCUT2D eigenvalue weighted by molar-refractivity contribution is 6.30. The van der Waals surface area contributed by atoms with Gasteiger partial charge in [-0.25, -0.2) is 4.39 Å². The highest BCUT2D eigenvalue weighted by atomic mass is 35.5. The monoisotopic (exact) mass is 477 g/mol. The fourth-order valence-electron chi connectivity index (χ4n) is 4.20.